The summed E-state index contributed by atoms with van der Waals surface area (Å²) in [7, 11) is 1.61. The van der Waals surface area contributed by atoms with E-state index in [0.717, 1.165) is 37.7 Å². The lowest BCUT2D eigenvalue weighted by Crippen LogP contribution is -2.40. The molecule has 0 unspecified atom stereocenters. The SMILES string of the molecule is CN(Cc1ccc(OC(F)F)cc1)C(=O)c1ccc2c(c1)C(=O)N(C1CCCCC1)C2=O. The molecule has 0 spiro atoms. The van der Waals surface area contributed by atoms with Crippen LogP contribution in [0.2, 0.25) is 0 Å². The van der Waals surface area contributed by atoms with E-state index in [9.17, 15) is 23.2 Å². The number of alkyl halides is 2. The second-order valence-corrected chi connectivity index (χ2v) is 8.22. The summed E-state index contributed by atoms with van der Waals surface area (Å²) in [5, 5.41) is 0. The summed E-state index contributed by atoms with van der Waals surface area (Å²) in [6.07, 6.45) is 4.76. The lowest BCUT2D eigenvalue weighted by molar-refractivity contribution is -0.0498. The number of hydrogen-bond acceptors (Lipinski definition) is 4. The van der Waals surface area contributed by atoms with Crippen molar-refractivity contribution in [3.63, 3.8) is 0 Å². The van der Waals surface area contributed by atoms with Crippen LogP contribution in [0.4, 0.5) is 8.78 Å². The van der Waals surface area contributed by atoms with E-state index >= 15 is 0 Å². The standard InChI is InChI=1S/C24H24F2N2O4/c1-27(14-15-7-10-18(11-8-15)32-24(25)26)21(29)16-9-12-19-20(13-16)23(31)28(22(19)30)17-5-3-2-4-6-17/h7-13,17,24H,2-6,14H2,1H3. The van der Waals surface area contributed by atoms with Crippen molar-refractivity contribution < 1.29 is 27.9 Å². The number of imide groups is 1. The molecule has 6 nitrogen and oxygen atoms in total. The molecule has 4 rings (SSSR count). The lowest BCUT2D eigenvalue weighted by atomic mass is 9.94. The highest BCUT2D eigenvalue weighted by atomic mass is 19.3. The summed E-state index contributed by atoms with van der Waals surface area (Å²) in [5.41, 5.74) is 1.66. The van der Waals surface area contributed by atoms with Crippen LogP contribution >= 0.6 is 0 Å². The number of amides is 3. The van der Waals surface area contributed by atoms with E-state index in [2.05, 4.69) is 4.74 Å². The fourth-order valence-electron chi connectivity index (χ4n) is 4.41. The van der Waals surface area contributed by atoms with E-state index < -0.39 is 6.61 Å². The maximum Gasteiger partial charge on any atom is 0.387 e. The fraction of sp³-hybridized carbons (Fsp3) is 0.375. The second-order valence-electron chi connectivity index (χ2n) is 8.22. The topological polar surface area (TPSA) is 66.9 Å². The first kappa shape index (κ1) is 21.9. The van der Waals surface area contributed by atoms with E-state index in [-0.39, 0.29) is 41.6 Å². The molecule has 0 atom stereocenters. The van der Waals surface area contributed by atoms with Crippen LogP contribution in [0.25, 0.3) is 0 Å². The summed E-state index contributed by atoms with van der Waals surface area (Å²) < 4.78 is 28.9. The first-order valence-corrected chi connectivity index (χ1v) is 10.7. The van der Waals surface area contributed by atoms with E-state index in [1.165, 1.54) is 28.0 Å². The van der Waals surface area contributed by atoms with Crippen molar-refractivity contribution in [1.29, 1.82) is 0 Å². The number of nitrogens with zero attached hydrogens (tertiary/aromatic N) is 2. The Morgan fingerprint density at radius 2 is 1.69 bits per heavy atom. The van der Waals surface area contributed by atoms with Crippen molar-refractivity contribution in [3.05, 3.63) is 64.7 Å². The molecule has 1 fully saturated rings. The second kappa shape index (κ2) is 9.06. The average molecular weight is 442 g/mol. The van der Waals surface area contributed by atoms with Crippen LogP contribution in [0, 0.1) is 0 Å². The lowest BCUT2D eigenvalue weighted by Gasteiger charge is -2.29. The third-order valence-electron chi connectivity index (χ3n) is 6.02. The number of benzene rings is 2. The third-order valence-corrected chi connectivity index (χ3v) is 6.02. The van der Waals surface area contributed by atoms with Crippen LogP contribution in [0.3, 0.4) is 0 Å². The zero-order valence-electron chi connectivity index (χ0n) is 17.7. The van der Waals surface area contributed by atoms with Crippen LogP contribution in [-0.4, -0.2) is 47.2 Å². The van der Waals surface area contributed by atoms with E-state index in [1.54, 1.807) is 31.3 Å². The molecule has 2 aromatic carbocycles. The molecule has 0 aromatic heterocycles. The predicted molar refractivity (Wildman–Crippen MR) is 113 cm³/mol. The number of fused-ring (bicyclic) bond motifs is 1. The van der Waals surface area contributed by atoms with Crippen LogP contribution in [0.1, 0.15) is 68.7 Å². The maximum atomic E-state index is 13.0. The molecule has 0 bridgehead atoms. The monoisotopic (exact) mass is 442 g/mol. The van der Waals surface area contributed by atoms with Crippen molar-refractivity contribution in [2.24, 2.45) is 0 Å². The zero-order chi connectivity index (χ0) is 22.8. The molecule has 1 aliphatic carbocycles. The van der Waals surface area contributed by atoms with Crippen molar-refractivity contribution >= 4 is 17.7 Å². The molecule has 168 valence electrons. The molecule has 2 aliphatic rings. The molecule has 0 N–H and O–H groups in total. The van der Waals surface area contributed by atoms with Crippen LogP contribution < -0.4 is 4.74 Å². The van der Waals surface area contributed by atoms with E-state index in [4.69, 9.17) is 0 Å². The molecule has 1 saturated carbocycles. The zero-order valence-corrected chi connectivity index (χ0v) is 17.7. The highest BCUT2D eigenvalue weighted by Gasteiger charge is 2.40. The van der Waals surface area contributed by atoms with Gasteiger partial charge in [0.1, 0.15) is 5.75 Å². The number of carbonyl (C=O) groups is 3. The van der Waals surface area contributed by atoms with Gasteiger partial charge in [-0.3, -0.25) is 19.3 Å². The minimum Gasteiger partial charge on any atom is -0.435 e. The van der Waals surface area contributed by atoms with Crippen LogP contribution in [0.15, 0.2) is 42.5 Å². The molecule has 32 heavy (non-hydrogen) atoms. The number of rotatable bonds is 6. The number of halogens is 2. The summed E-state index contributed by atoms with van der Waals surface area (Å²) in [4.78, 5) is 41.5. The van der Waals surface area contributed by atoms with Gasteiger partial charge in [0.2, 0.25) is 0 Å². The van der Waals surface area contributed by atoms with Crippen LogP contribution in [-0.2, 0) is 6.54 Å². The maximum absolute atomic E-state index is 13.0. The Bertz CT molecular complexity index is 1030. The van der Waals surface area contributed by atoms with Gasteiger partial charge in [0.05, 0.1) is 11.1 Å². The highest BCUT2D eigenvalue weighted by molar-refractivity contribution is 6.22. The van der Waals surface area contributed by atoms with Gasteiger partial charge in [0, 0.05) is 25.2 Å². The van der Waals surface area contributed by atoms with Crippen molar-refractivity contribution in [2.75, 3.05) is 7.05 Å². The smallest absolute Gasteiger partial charge is 0.387 e. The Morgan fingerprint density at radius 3 is 2.34 bits per heavy atom. The van der Waals surface area contributed by atoms with Crippen LogP contribution in [0.5, 0.6) is 5.75 Å². The van der Waals surface area contributed by atoms with Gasteiger partial charge < -0.3 is 9.64 Å². The Labute approximate surface area is 184 Å². The van der Waals surface area contributed by atoms with Gasteiger partial charge in [-0.05, 0) is 48.7 Å². The molecule has 8 heteroatoms. The van der Waals surface area contributed by atoms with Gasteiger partial charge in [0.15, 0.2) is 0 Å². The predicted octanol–water partition coefficient (Wildman–Crippen LogP) is 4.49. The molecular weight excluding hydrogens is 418 g/mol. The summed E-state index contributed by atoms with van der Waals surface area (Å²) in [6.45, 7) is -2.65. The Morgan fingerprint density at radius 1 is 1.03 bits per heavy atom. The Kier molecular flexibility index (Phi) is 6.21. The quantitative estimate of drug-likeness (QED) is 0.619. The number of carbonyl (C=O) groups excluding carboxylic acids is 3. The highest BCUT2D eigenvalue weighted by Crippen LogP contribution is 2.31. The largest absolute Gasteiger partial charge is 0.435 e. The third kappa shape index (κ3) is 4.35. The van der Waals surface area contributed by atoms with Crippen molar-refractivity contribution in [1.82, 2.24) is 9.80 Å². The Balaban J connectivity index is 1.47. The average Bonchev–Trinajstić information content (AvgIpc) is 3.04. The van der Waals surface area contributed by atoms with Gasteiger partial charge in [-0.2, -0.15) is 8.78 Å². The minimum atomic E-state index is -2.89. The molecule has 2 aromatic rings. The molecular formula is C24H24F2N2O4. The van der Waals surface area contributed by atoms with Gasteiger partial charge in [-0.15, -0.1) is 0 Å². The van der Waals surface area contributed by atoms with Crippen molar-refractivity contribution in [2.45, 2.75) is 51.3 Å². The first-order chi connectivity index (χ1) is 15.3. The summed E-state index contributed by atoms with van der Waals surface area (Å²) >= 11 is 0. The van der Waals surface area contributed by atoms with Crippen molar-refractivity contribution in [3.8, 4) is 5.75 Å². The summed E-state index contributed by atoms with van der Waals surface area (Å²) in [5.74, 6) is -0.877. The van der Waals surface area contributed by atoms with E-state index in [1.807, 2.05) is 0 Å². The van der Waals surface area contributed by atoms with Gasteiger partial charge >= 0.3 is 6.61 Å². The number of ether oxygens (including phenoxy) is 1. The van der Waals surface area contributed by atoms with Gasteiger partial charge in [-0.25, -0.2) is 0 Å². The molecule has 3 amide bonds. The normalized spacial score (nSPS) is 16.4. The number of hydrogen-bond donors (Lipinski definition) is 0. The molecule has 1 heterocycles. The summed E-state index contributed by atoms with van der Waals surface area (Å²) in [6, 6.07) is 10.6. The first-order valence-electron chi connectivity index (χ1n) is 10.7. The van der Waals surface area contributed by atoms with Gasteiger partial charge in [-0.1, -0.05) is 31.4 Å². The molecule has 0 saturated heterocycles. The fourth-order valence-corrected chi connectivity index (χ4v) is 4.41. The van der Waals surface area contributed by atoms with E-state index in [0.29, 0.717) is 11.1 Å². The molecule has 1 aliphatic heterocycles. The minimum absolute atomic E-state index is 0.0436. The Hall–Kier alpha value is -3.29. The van der Waals surface area contributed by atoms with Gasteiger partial charge in [0.25, 0.3) is 17.7 Å². The molecule has 0 radical (unpaired) electrons.